The first kappa shape index (κ1) is 17.3. The number of ether oxygens (including phenoxy) is 2. The quantitative estimate of drug-likeness (QED) is 0.612. The van der Waals surface area contributed by atoms with Crippen LogP contribution in [0.1, 0.15) is 16.7 Å². The molecule has 0 fully saturated rings. The smallest absolute Gasteiger partial charge is 0.280 e. The Morgan fingerprint density at radius 2 is 2.00 bits per heavy atom. The van der Waals surface area contributed by atoms with E-state index in [4.69, 9.17) is 9.47 Å². The summed E-state index contributed by atoms with van der Waals surface area (Å²) in [6, 6.07) is 8.43. The highest BCUT2D eigenvalue weighted by Gasteiger charge is 2.19. The molecule has 1 N–H and O–H groups in total. The fourth-order valence-electron chi connectivity index (χ4n) is 1.86. The second-order valence-electron chi connectivity index (χ2n) is 4.53. The Morgan fingerprint density at radius 1 is 1.22 bits per heavy atom. The first-order valence-electron chi connectivity index (χ1n) is 6.85. The van der Waals surface area contributed by atoms with Gasteiger partial charge in [-0.15, -0.1) is 11.3 Å². The number of benzene rings is 1. The van der Waals surface area contributed by atoms with Crippen molar-refractivity contribution in [3.05, 3.63) is 40.1 Å². The first-order valence-corrected chi connectivity index (χ1v) is 9.15. The van der Waals surface area contributed by atoms with Gasteiger partial charge in [-0.1, -0.05) is 6.92 Å². The number of nitrogens with one attached hydrogen (secondary N) is 1. The largest absolute Gasteiger partial charge is 0.497 e. The summed E-state index contributed by atoms with van der Waals surface area (Å²) in [5.74, 6) is 0.638. The molecule has 0 radical (unpaired) electrons. The van der Waals surface area contributed by atoms with Crippen LogP contribution in [0.15, 0.2) is 40.3 Å². The monoisotopic (exact) mass is 354 g/mol. The van der Waals surface area contributed by atoms with Crippen molar-refractivity contribution in [1.29, 1.82) is 0 Å². The Hall–Kier alpha value is -2.06. The van der Waals surface area contributed by atoms with Gasteiger partial charge in [-0.3, -0.25) is 0 Å². The summed E-state index contributed by atoms with van der Waals surface area (Å²) < 4.78 is 34.9. The highest BCUT2D eigenvalue weighted by molar-refractivity contribution is 7.89. The summed E-state index contributed by atoms with van der Waals surface area (Å²) in [7, 11) is -0.984. The second kappa shape index (κ2) is 7.47. The van der Waals surface area contributed by atoms with E-state index in [9.17, 15) is 8.42 Å². The lowest BCUT2D eigenvalue weighted by molar-refractivity contribution is 0.392. The van der Waals surface area contributed by atoms with Crippen molar-refractivity contribution in [1.82, 2.24) is 4.83 Å². The number of aryl methyl sites for hydroxylation is 1. The van der Waals surface area contributed by atoms with Gasteiger partial charge in [-0.2, -0.15) is 18.4 Å². The molecule has 0 atom stereocenters. The molecule has 0 spiro atoms. The van der Waals surface area contributed by atoms with Crippen molar-refractivity contribution < 1.29 is 17.9 Å². The molecule has 0 saturated carbocycles. The van der Waals surface area contributed by atoms with Crippen LogP contribution in [-0.2, 0) is 16.4 Å². The van der Waals surface area contributed by atoms with Crippen LogP contribution < -0.4 is 14.3 Å². The third-order valence-electron chi connectivity index (χ3n) is 3.06. The van der Waals surface area contributed by atoms with E-state index in [1.165, 1.54) is 37.4 Å². The van der Waals surface area contributed by atoms with Crippen LogP contribution in [0.4, 0.5) is 0 Å². The normalized spacial score (nSPS) is 11.6. The molecular formula is C15H18N2O4S2. The van der Waals surface area contributed by atoms with Crippen LogP contribution in [-0.4, -0.2) is 28.9 Å². The van der Waals surface area contributed by atoms with E-state index in [1.807, 2.05) is 12.1 Å². The molecule has 1 aromatic heterocycles. The topological polar surface area (TPSA) is 77.0 Å². The Balaban J connectivity index is 2.21. The minimum Gasteiger partial charge on any atom is -0.497 e. The average molecular weight is 354 g/mol. The van der Waals surface area contributed by atoms with Gasteiger partial charge >= 0.3 is 0 Å². The van der Waals surface area contributed by atoms with Gasteiger partial charge in [-0.05, 0) is 30.7 Å². The predicted molar refractivity (Wildman–Crippen MR) is 91.2 cm³/mol. The van der Waals surface area contributed by atoms with E-state index < -0.39 is 10.0 Å². The van der Waals surface area contributed by atoms with E-state index in [-0.39, 0.29) is 10.6 Å². The molecule has 0 saturated heterocycles. The van der Waals surface area contributed by atoms with Crippen molar-refractivity contribution in [2.45, 2.75) is 18.2 Å². The number of nitrogens with zero attached hydrogens (tertiary/aromatic N) is 1. The van der Waals surface area contributed by atoms with E-state index in [0.29, 0.717) is 5.75 Å². The molecule has 0 aliphatic carbocycles. The van der Waals surface area contributed by atoms with Crippen molar-refractivity contribution >= 4 is 27.6 Å². The molecule has 8 heteroatoms. The summed E-state index contributed by atoms with van der Waals surface area (Å²) >= 11 is 1.56. The summed E-state index contributed by atoms with van der Waals surface area (Å²) in [6.07, 6.45) is 2.42. The van der Waals surface area contributed by atoms with Crippen molar-refractivity contribution in [3.8, 4) is 11.5 Å². The molecule has 0 aliphatic rings. The number of hydrazone groups is 1. The average Bonchev–Trinajstić information content (AvgIpc) is 3.02. The minimum absolute atomic E-state index is 0.0306. The summed E-state index contributed by atoms with van der Waals surface area (Å²) in [5.41, 5.74) is 0. The molecule has 2 aromatic rings. The Bertz CT molecular complexity index is 798. The fraction of sp³-hybridized carbons (Fsp3) is 0.267. The third kappa shape index (κ3) is 4.23. The van der Waals surface area contributed by atoms with Crippen molar-refractivity contribution in [2.75, 3.05) is 14.2 Å². The summed E-state index contributed by atoms with van der Waals surface area (Å²) in [6.45, 7) is 2.06. The van der Waals surface area contributed by atoms with Crippen molar-refractivity contribution in [2.24, 2.45) is 5.10 Å². The van der Waals surface area contributed by atoms with Gasteiger partial charge in [0.15, 0.2) is 0 Å². The Labute approximate surface area is 139 Å². The maximum absolute atomic E-state index is 12.4. The molecule has 2 rings (SSSR count). The number of thiophene rings is 1. The Kier molecular flexibility index (Phi) is 5.62. The molecule has 0 unspecified atom stereocenters. The van der Waals surface area contributed by atoms with Gasteiger partial charge in [0.25, 0.3) is 10.0 Å². The molecule has 0 aliphatic heterocycles. The zero-order valence-electron chi connectivity index (χ0n) is 13.1. The third-order valence-corrected chi connectivity index (χ3v) is 5.46. The van der Waals surface area contributed by atoms with E-state index in [0.717, 1.165) is 11.3 Å². The van der Waals surface area contributed by atoms with Crippen LogP contribution in [0.5, 0.6) is 11.5 Å². The van der Waals surface area contributed by atoms with E-state index in [1.54, 1.807) is 17.4 Å². The lowest BCUT2D eigenvalue weighted by Crippen LogP contribution is -2.19. The molecule has 23 heavy (non-hydrogen) atoms. The zero-order valence-corrected chi connectivity index (χ0v) is 14.7. The van der Waals surface area contributed by atoms with Crippen LogP contribution in [0.3, 0.4) is 0 Å². The second-order valence-corrected chi connectivity index (χ2v) is 7.36. The SMILES string of the molecule is CCc1ccc(C=NNS(=O)(=O)c2cc(OC)ccc2OC)s1. The molecule has 1 heterocycles. The standard InChI is InChI=1S/C15H18N2O4S2/c1-4-12-6-7-13(22-12)10-16-17-23(18,19)15-9-11(20-2)5-8-14(15)21-3/h5-10,17H,4H2,1-3H3. The lowest BCUT2D eigenvalue weighted by atomic mass is 10.3. The van der Waals surface area contributed by atoms with Crippen molar-refractivity contribution in [3.63, 3.8) is 0 Å². The zero-order chi connectivity index (χ0) is 16.9. The summed E-state index contributed by atoms with van der Waals surface area (Å²) in [4.78, 5) is 4.25. The number of hydrogen-bond donors (Lipinski definition) is 1. The first-order chi connectivity index (χ1) is 11.0. The van der Waals surface area contributed by atoms with Gasteiger partial charge in [0.05, 0.1) is 20.4 Å². The number of rotatable bonds is 7. The molecule has 6 nitrogen and oxygen atoms in total. The molecular weight excluding hydrogens is 336 g/mol. The number of methoxy groups -OCH3 is 2. The summed E-state index contributed by atoms with van der Waals surface area (Å²) in [5, 5.41) is 3.82. The van der Waals surface area contributed by atoms with Gasteiger partial charge in [-0.25, -0.2) is 0 Å². The minimum atomic E-state index is -3.85. The maximum Gasteiger partial charge on any atom is 0.280 e. The molecule has 1 aromatic carbocycles. The Morgan fingerprint density at radius 3 is 2.61 bits per heavy atom. The van der Waals surface area contributed by atoms with Gasteiger partial charge in [0.2, 0.25) is 0 Å². The van der Waals surface area contributed by atoms with Crippen LogP contribution in [0.2, 0.25) is 0 Å². The molecule has 0 bridgehead atoms. The fourth-order valence-corrected chi connectivity index (χ4v) is 3.66. The molecule has 0 amide bonds. The predicted octanol–water partition coefficient (Wildman–Crippen LogP) is 2.64. The maximum atomic E-state index is 12.4. The van der Waals surface area contributed by atoms with Gasteiger partial charge < -0.3 is 9.47 Å². The van der Waals surface area contributed by atoms with Gasteiger partial charge in [0.1, 0.15) is 16.4 Å². The lowest BCUT2D eigenvalue weighted by Gasteiger charge is -2.10. The highest BCUT2D eigenvalue weighted by atomic mass is 32.2. The number of sulfonamides is 1. The van der Waals surface area contributed by atoms with Gasteiger partial charge in [0, 0.05) is 15.8 Å². The van der Waals surface area contributed by atoms with Crippen LogP contribution in [0, 0.1) is 0 Å². The van der Waals surface area contributed by atoms with E-state index in [2.05, 4.69) is 16.9 Å². The number of hydrogen-bond acceptors (Lipinski definition) is 6. The van der Waals surface area contributed by atoms with E-state index >= 15 is 0 Å². The van der Waals surface area contributed by atoms with Crippen LogP contribution >= 0.6 is 11.3 Å². The van der Waals surface area contributed by atoms with Crippen LogP contribution in [0.25, 0.3) is 0 Å². The highest BCUT2D eigenvalue weighted by Crippen LogP contribution is 2.27. The molecule has 124 valence electrons.